The number of halogens is 3. The lowest BCUT2D eigenvalue weighted by Gasteiger charge is -2.07. The predicted molar refractivity (Wildman–Crippen MR) is 55.8 cm³/mol. The molecule has 17 heavy (non-hydrogen) atoms. The summed E-state index contributed by atoms with van der Waals surface area (Å²) < 4.78 is 39.3. The van der Waals surface area contributed by atoms with Crippen molar-refractivity contribution < 1.29 is 27.8 Å². The van der Waals surface area contributed by atoms with Gasteiger partial charge in [-0.3, -0.25) is 0 Å². The van der Waals surface area contributed by atoms with Crippen molar-refractivity contribution in [2.24, 2.45) is 0 Å². The second-order valence-electron chi connectivity index (χ2n) is 3.26. The van der Waals surface area contributed by atoms with E-state index in [1.807, 2.05) is 0 Å². The van der Waals surface area contributed by atoms with Crippen molar-refractivity contribution in [1.29, 1.82) is 0 Å². The molecular formula is C10H16F3NO3. The molecule has 0 aromatic carbocycles. The lowest BCUT2D eigenvalue weighted by molar-refractivity contribution is -0.173. The third-order valence-corrected chi connectivity index (χ3v) is 1.84. The highest BCUT2D eigenvalue weighted by atomic mass is 19.4. The second-order valence-corrected chi connectivity index (χ2v) is 3.26. The van der Waals surface area contributed by atoms with Crippen molar-refractivity contribution in [3.63, 3.8) is 0 Å². The van der Waals surface area contributed by atoms with Gasteiger partial charge >= 0.3 is 12.1 Å². The lowest BCUT2D eigenvalue weighted by atomic mass is 10.2. The molecule has 0 fully saturated rings. The van der Waals surface area contributed by atoms with Crippen LogP contribution in [0.5, 0.6) is 0 Å². The molecule has 0 rings (SSSR count). The number of nitrogens with one attached hydrogen (secondary N) is 1. The van der Waals surface area contributed by atoms with Gasteiger partial charge < -0.3 is 15.2 Å². The molecule has 0 atom stereocenters. The molecule has 0 saturated carbocycles. The van der Waals surface area contributed by atoms with E-state index in [9.17, 15) is 18.0 Å². The molecule has 0 aromatic rings. The van der Waals surface area contributed by atoms with Crippen molar-refractivity contribution in [1.82, 2.24) is 5.32 Å². The van der Waals surface area contributed by atoms with Gasteiger partial charge in [-0.25, -0.2) is 4.79 Å². The van der Waals surface area contributed by atoms with Crippen molar-refractivity contribution in [2.75, 3.05) is 26.3 Å². The SMILES string of the molecule is CCC(=CCNCCOCC(F)(F)F)C(=O)O. The first-order valence-corrected chi connectivity index (χ1v) is 5.14. The first-order valence-electron chi connectivity index (χ1n) is 5.14. The largest absolute Gasteiger partial charge is 0.478 e. The van der Waals surface area contributed by atoms with E-state index in [0.717, 1.165) is 0 Å². The van der Waals surface area contributed by atoms with Gasteiger partial charge in [0, 0.05) is 18.7 Å². The Kier molecular flexibility index (Phi) is 7.56. The Morgan fingerprint density at radius 2 is 2.12 bits per heavy atom. The van der Waals surface area contributed by atoms with E-state index >= 15 is 0 Å². The maximum Gasteiger partial charge on any atom is 0.411 e. The van der Waals surface area contributed by atoms with Crippen molar-refractivity contribution in [3.8, 4) is 0 Å². The highest BCUT2D eigenvalue weighted by Gasteiger charge is 2.27. The summed E-state index contributed by atoms with van der Waals surface area (Å²) in [6, 6.07) is 0. The molecule has 0 heterocycles. The van der Waals surface area contributed by atoms with Gasteiger partial charge in [-0.05, 0) is 6.42 Å². The van der Waals surface area contributed by atoms with Gasteiger partial charge in [0.15, 0.2) is 0 Å². The van der Waals surface area contributed by atoms with Crippen LogP contribution in [0.2, 0.25) is 0 Å². The first-order chi connectivity index (χ1) is 7.87. The number of alkyl halides is 3. The predicted octanol–water partition coefficient (Wildman–Crippen LogP) is 1.58. The van der Waals surface area contributed by atoms with Crippen LogP contribution in [0.15, 0.2) is 11.6 Å². The molecule has 0 spiro atoms. The Hall–Kier alpha value is -1.08. The summed E-state index contributed by atoms with van der Waals surface area (Å²) in [7, 11) is 0. The molecule has 0 aliphatic carbocycles. The van der Waals surface area contributed by atoms with Crippen LogP contribution in [0.3, 0.4) is 0 Å². The molecule has 0 aromatic heterocycles. The van der Waals surface area contributed by atoms with Gasteiger partial charge in [-0.1, -0.05) is 13.0 Å². The molecule has 0 saturated heterocycles. The summed E-state index contributed by atoms with van der Waals surface area (Å²) >= 11 is 0. The van der Waals surface area contributed by atoms with Crippen LogP contribution in [-0.4, -0.2) is 43.6 Å². The van der Waals surface area contributed by atoms with E-state index in [-0.39, 0.29) is 18.7 Å². The summed E-state index contributed by atoms with van der Waals surface area (Å²) in [6.07, 6.45) is -2.41. The molecule has 7 heteroatoms. The Labute approximate surface area is 97.4 Å². The molecule has 4 nitrogen and oxygen atoms in total. The Balaban J connectivity index is 3.56. The van der Waals surface area contributed by atoms with Crippen LogP contribution in [0.25, 0.3) is 0 Å². The monoisotopic (exact) mass is 255 g/mol. The summed E-state index contributed by atoms with van der Waals surface area (Å²) in [4.78, 5) is 10.6. The summed E-state index contributed by atoms with van der Waals surface area (Å²) in [5.41, 5.74) is 0.272. The zero-order valence-corrected chi connectivity index (χ0v) is 9.51. The van der Waals surface area contributed by atoms with E-state index in [1.165, 1.54) is 6.08 Å². The van der Waals surface area contributed by atoms with Crippen LogP contribution in [0.1, 0.15) is 13.3 Å². The molecule has 0 bridgehead atoms. The molecule has 2 N–H and O–H groups in total. The van der Waals surface area contributed by atoms with E-state index in [0.29, 0.717) is 13.0 Å². The van der Waals surface area contributed by atoms with E-state index in [4.69, 9.17) is 5.11 Å². The van der Waals surface area contributed by atoms with Gasteiger partial charge in [-0.2, -0.15) is 13.2 Å². The molecule has 0 aliphatic heterocycles. The topological polar surface area (TPSA) is 58.6 Å². The van der Waals surface area contributed by atoms with Crippen LogP contribution >= 0.6 is 0 Å². The molecule has 0 amide bonds. The third-order valence-electron chi connectivity index (χ3n) is 1.84. The van der Waals surface area contributed by atoms with Crippen molar-refractivity contribution in [3.05, 3.63) is 11.6 Å². The Morgan fingerprint density at radius 1 is 1.47 bits per heavy atom. The Bertz CT molecular complexity index is 264. The van der Waals surface area contributed by atoms with E-state index in [1.54, 1.807) is 6.92 Å². The first kappa shape index (κ1) is 15.9. The highest BCUT2D eigenvalue weighted by Crippen LogP contribution is 2.13. The van der Waals surface area contributed by atoms with Crippen molar-refractivity contribution >= 4 is 5.97 Å². The number of aliphatic carboxylic acids is 1. The fourth-order valence-corrected chi connectivity index (χ4v) is 1.01. The van der Waals surface area contributed by atoms with Crippen LogP contribution in [0.4, 0.5) is 13.2 Å². The minimum atomic E-state index is -4.31. The quantitative estimate of drug-likeness (QED) is 0.510. The van der Waals surface area contributed by atoms with E-state index < -0.39 is 18.8 Å². The summed E-state index contributed by atoms with van der Waals surface area (Å²) in [6.45, 7) is 0.919. The highest BCUT2D eigenvalue weighted by molar-refractivity contribution is 5.86. The maximum atomic E-state index is 11.7. The zero-order chi connectivity index (χ0) is 13.3. The normalized spacial score (nSPS) is 12.8. The fourth-order valence-electron chi connectivity index (χ4n) is 1.01. The van der Waals surface area contributed by atoms with Gasteiger partial charge in [0.1, 0.15) is 6.61 Å². The standard InChI is InChI=1S/C10H16F3NO3/c1-2-8(9(15)16)3-4-14-5-6-17-7-10(11,12)13/h3,14H,2,4-7H2,1H3,(H,15,16). The van der Waals surface area contributed by atoms with E-state index in [2.05, 4.69) is 10.1 Å². The Morgan fingerprint density at radius 3 is 2.59 bits per heavy atom. The smallest absolute Gasteiger partial charge is 0.411 e. The average Bonchev–Trinajstić information content (AvgIpc) is 2.20. The maximum absolute atomic E-state index is 11.7. The van der Waals surface area contributed by atoms with Gasteiger partial charge in [0.05, 0.1) is 6.61 Å². The van der Waals surface area contributed by atoms with Crippen molar-refractivity contribution in [2.45, 2.75) is 19.5 Å². The molecule has 0 radical (unpaired) electrons. The third kappa shape index (κ3) is 9.83. The number of ether oxygens (including phenoxy) is 1. The molecule has 100 valence electrons. The van der Waals surface area contributed by atoms with Gasteiger partial charge in [0.25, 0.3) is 0 Å². The van der Waals surface area contributed by atoms with Crippen LogP contribution < -0.4 is 5.32 Å². The summed E-state index contributed by atoms with van der Waals surface area (Å²) in [5.74, 6) is -0.984. The summed E-state index contributed by atoms with van der Waals surface area (Å²) in [5, 5.41) is 11.4. The number of hydrogen-bond acceptors (Lipinski definition) is 3. The molecule has 0 unspecified atom stereocenters. The number of rotatable bonds is 8. The zero-order valence-electron chi connectivity index (χ0n) is 9.51. The fraction of sp³-hybridized carbons (Fsp3) is 0.700. The minimum Gasteiger partial charge on any atom is -0.478 e. The number of hydrogen-bond donors (Lipinski definition) is 2. The number of carbonyl (C=O) groups is 1. The lowest BCUT2D eigenvalue weighted by Crippen LogP contribution is -2.24. The van der Waals surface area contributed by atoms with Crippen LogP contribution in [-0.2, 0) is 9.53 Å². The molecular weight excluding hydrogens is 239 g/mol. The minimum absolute atomic E-state index is 0.0676. The molecule has 0 aliphatic rings. The number of carboxylic acid groups (broad SMARTS) is 1. The van der Waals surface area contributed by atoms with Crippen LogP contribution in [0, 0.1) is 0 Å². The second kappa shape index (κ2) is 8.08. The number of carboxylic acids is 1. The van der Waals surface area contributed by atoms with Gasteiger partial charge in [0.2, 0.25) is 0 Å². The average molecular weight is 255 g/mol. The van der Waals surface area contributed by atoms with Gasteiger partial charge in [-0.15, -0.1) is 0 Å².